The number of benzene rings is 2. The zero-order valence-electron chi connectivity index (χ0n) is 15.0. The molecule has 2 N–H and O–H groups in total. The van der Waals surface area contributed by atoms with Crippen molar-refractivity contribution in [2.45, 2.75) is 26.6 Å². The first-order valence-electron chi connectivity index (χ1n) is 8.66. The van der Waals surface area contributed by atoms with Crippen LogP contribution in [0.15, 0.2) is 48.5 Å². The van der Waals surface area contributed by atoms with E-state index in [0.717, 1.165) is 37.9 Å². The van der Waals surface area contributed by atoms with Gasteiger partial charge in [0.25, 0.3) is 5.91 Å². The van der Waals surface area contributed by atoms with Gasteiger partial charge in [0.05, 0.1) is 5.56 Å². The van der Waals surface area contributed by atoms with E-state index in [1.54, 1.807) is 11.3 Å². The van der Waals surface area contributed by atoms with Gasteiger partial charge in [0.1, 0.15) is 23.5 Å². The Morgan fingerprint density at radius 2 is 1.81 bits per heavy atom. The van der Waals surface area contributed by atoms with Crippen LogP contribution in [0.4, 0.5) is 5.00 Å². The Labute approximate surface area is 167 Å². The van der Waals surface area contributed by atoms with Gasteiger partial charge < -0.3 is 15.4 Å². The number of ether oxygens (including phenoxy) is 1. The largest absolute Gasteiger partial charge is 0.489 e. The van der Waals surface area contributed by atoms with Crippen LogP contribution in [0.5, 0.6) is 5.75 Å². The summed E-state index contributed by atoms with van der Waals surface area (Å²) in [7, 11) is 0. The van der Waals surface area contributed by atoms with E-state index < -0.39 is 0 Å². The number of halogens is 1. The van der Waals surface area contributed by atoms with E-state index in [1.165, 1.54) is 0 Å². The van der Waals surface area contributed by atoms with Crippen LogP contribution in [0, 0.1) is 13.8 Å². The molecule has 27 heavy (non-hydrogen) atoms. The van der Waals surface area contributed by atoms with Gasteiger partial charge in [-0.1, -0.05) is 41.9 Å². The van der Waals surface area contributed by atoms with Gasteiger partial charge >= 0.3 is 0 Å². The molecule has 1 amide bonds. The fourth-order valence-electron chi connectivity index (χ4n) is 3.07. The molecule has 1 aliphatic rings. The number of amides is 1. The Bertz CT molecular complexity index is 998. The SMILES string of the molecule is Cc1sc2c(c1C)C(=O)NC(c1ccc(OCc3ccccc3Cl)cc1)N2. The van der Waals surface area contributed by atoms with E-state index in [1.807, 2.05) is 62.4 Å². The molecule has 3 aromatic rings. The molecular weight excluding hydrogens is 380 g/mol. The van der Waals surface area contributed by atoms with Crippen molar-refractivity contribution in [2.75, 3.05) is 5.32 Å². The number of aryl methyl sites for hydroxylation is 1. The van der Waals surface area contributed by atoms with Crippen molar-refractivity contribution in [1.82, 2.24) is 5.32 Å². The molecule has 138 valence electrons. The van der Waals surface area contributed by atoms with Crippen LogP contribution in [0.2, 0.25) is 5.02 Å². The summed E-state index contributed by atoms with van der Waals surface area (Å²) in [5.74, 6) is 0.721. The molecule has 0 saturated carbocycles. The smallest absolute Gasteiger partial charge is 0.256 e. The molecule has 2 aromatic carbocycles. The predicted octanol–water partition coefficient (Wildman–Crippen LogP) is 5.45. The summed E-state index contributed by atoms with van der Waals surface area (Å²) in [6, 6.07) is 15.3. The molecule has 2 heterocycles. The highest BCUT2D eigenvalue weighted by Crippen LogP contribution is 2.37. The summed E-state index contributed by atoms with van der Waals surface area (Å²) in [6.45, 7) is 4.43. The van der Waals surface area contributed by atoms with E-state index in [0.29, 0.717) is 11.6 Å². The second kappa shape index (κ2) is 7.25. The molecule has 0 spiro atoms. The topological polar surface area (TPSA) is 50.4 Å². The van der Waals surface area contributed by atoms with Crippen molar-refractivity contribution < 1.29 is 9.53 Å². The molecule has 4 rings (SSSR count). The lowest BCUT2D eigenvalue weighted by atomic mass is 10.1. The Balaban J connectivity index is 1.46. The molecule has 1 atom stereocenters. The number of carbonyl (C=O) groups excluding carboxylic acids is 1. The highest BCUT2D eigenvalue weighted by Gasteiger charge is 2.28. The third kappa shape index (κ3) is 3.53. The number of anilines is 1. The van der Waals surface area contributed by atoms with Gasteiger partial charge in [0, 0.05) is 15.5 Å². The minimum atomic E-state index is -0.250. The second-order valence-corrected chi connectivity index (χ2v) is 8.12. The number of hydrogen-bond acceptors (Lipinski definition) is 4. The van der Waals surface area contributed by atoms with Crippen LogP contribution < -0.4 is 15.4 Å². The van der Waals surface area contributed by atoms with Gasteiger partial charge in [0.15, 0.2) is 0 Å². The zero-order chi connectivity index (χ0) is 19.0. The van der Waals surface area contributed by atoms with E-state index in [2.05, 4.69) is 10.6 Å². The third-order valence-corrected chi connectivity index (χ3v) is 6.24. The van der Waals surface area contributed by atoms with Crippen LogP contribution in [0.25, 0.3) is 0 Å². The minimum absolute atomic E-state index is 0.0327. The summed E-state index contributed by atoms with van der Waals surface area (Å²) in [4.78, 5) is 13.6. The van der Waals surface area contributed by atoms with Crippen molar-refractivity contribution in [3.05, 3.63) is 80.7 Å². The average molecular weight is 399 g/mol. The van der Waals surface area contributed by atoms with Crippen molar-refractivity contribution >= 4 is 33.8 Å². The van der Waals surface area contributed by atoms with Gasteiger partial charge in [-0.25, -0.2) is 0 Å². The van der Waals surface area contributed by atoms with Gasteiger partial charge in [-0.2, -0.15) is 0 Å². The number of hydrogen-bond donors (Lipinski definition) is 2. The number of rotatable bonds is 4. The highest BCUT2D eigenvalue weighted by atomic mass is 35.5. The Kier molecular flexibility index (Phi) is 4.81. The minimum Gasteiger partial charge on any atom is -0.489 e. The van der Waals surface area contributed by atoms with Crippen molar-refractivity contribution in [3.8, 4) is 5.75 Å². The van der Waals surface area contributed by atoms with E-state index in [-0.39, 0.29) is 12.1 Å². The molecule has 0 radical (unpaired) electrons. The number of thiophene rings is 1. The van der Waals surface area contributed by atoms with Crippen LogP contribution in [0.3, 0.4) is 0 Å². The number of carbonyl (C=O) groups is 1. The van der Waals surface area contributed by atoms with Gasteiger partial charge in [-0.3, -0.25) is 4.79 Å². The monoisotopic (exact) mass is 398 g/mol. The predicted molar refractivity (Wildman–Crippen MR) is 110 cm³/mol. The summed E-state index contributed by atoms with van der Waals surface area (Å²) in [5.41, 5.74) is 3.72. The fraction of sp³-hybridized carbons (Fsp3) is 0.190. The fourth-order valence-corrected chi connectivity index (χ4v) is 4.35. The second-order valence-electron chi connectivity index (χ2n) is 6.49. The summed E-state index contributed by atoms with van der Waals surface area (Å²) < 4.78 is 5.82. The Morgan fingerprint density at radius 1 is 1.07 bits per heavy atom. The van der Waals surface area contributed by atoms with Crippen LogP contribution in [0.1, 0.15) is 38.1 Å². The molecule has 0 saturated heterocycles. The lowest BCUT2D eigenvalue weighted by molar-refractivity contribution is 0.0936. The summed E-state index contributed by atoms with van der Waals surface area (Å²) >= 11 is 7.78. The summed E-state index contributed by atoms with van der Waals surface area (Å²) in [6.07, 6.45) is -0.250. The van der Waals surface area contributed by atoms with Crippen molar-refractivity contribution in [1.29, 1.82) is 0 Å². The number of nitrogens with one attached hydrogen (secondary N) is 2. The molecule has 0 fully saturated rings. The lowest BCUT2D eigenvalue weighted by Gasteiger charge is -2.26. The quantitative estimate of drug-likeness (QED) is 0.614. The number of fused-ring (bicyclic) bond motifs is 1. The van der Waals surface area contributed by atoms with Crippen molar-refractivity contribution in [3.63, 3.8) is 0 Å². The highest BCUT2D eigenvalue weighted by molar-refractivity contribution is 7.16. The molecule has 4 nitrogen and oxygen atoms in total. The molecule has 0 aliphatic carbocycles. The van der Waals surface area contributed by atoms with Gasteiger partial charge in [0.2, 0.25) is 0 Å². The maximum Gasteiger partial charge on any atom is 0.256 e. The maximum absolute atomic E-state index is 12.5. The van der Waals surface area contributed by atoms with Gasteiger partial charge in [-0.15, -0.1) is 11.3 Å². The first kappa shape index (κ1) is 17.9. The molecular formula is C21H19ClN2O2S. The van der Waals surface area contributed by atoms with Crippen LogP contribution in [-0.2, 0) is 6.61 Å². The maximum atomic E-state index is 12.5. The molecule has 1 aromatic heterocycles. The van der Waals surface area contributed by atoms with Crippen molar-refractivity contribution in [2.24, 2.45) is 0 Å². The molecule has 1 aliphatic heterocycles. The Hall–Kier alpha value is -2.50. The molecule has 6 heteroatoms. The average Bonchev–Trinajstić information content (AvgIpc) is 2.96. The first-order chi connectivity index (χ1) is 13.0. The van der Waals surface area contributed by atoms with Crippen LogP contribution >= 0.6 is 22.9 Å². The lowest BCUT2D eigenvalue weighted by Crippen LogP contribution is -2.38. The van der Waals surface area contributed by atoms with E-state index in [4.69, 9.17) is 16.3 Å². The normalized spacial score (nSPS) is 15.7. The molecule has 1 unspecified atom stereocenters. The third-order valence-electron chi connectivity index (χ3n) is 4.73. The van der Waals surface area contributed by atoms with E-state index in [9.17, 15) is 4.79 Å². The van der Waals surface area contributed by atoms with Gasteiger partial charge in [-0.05, 0) is 43.2 Å². The standard InChI is InChI=1S/C21H19ClN2O2S/c1-12-13(2)27-21-18(12)20(25)23-19(24-21)14-7-9-16(10-8-14)26-11-15-5-3-4-6-17(15)22/h3-10,19,24H,11H2,1-2H3,(H,23,25). The zero-order valence-corrected chi connectivity index (χ0v) is 16.6. The van der Waals surface area contributed by atoms with E-state index >= 15 is 0 Å². The summed E-state index contributed by atoms with van der Waals surface area (Å²) in [5, 5.41) is 8.07. The first-order valence-corrected chi connectivity index (χ1v) is 9.86. The molecule has 0 bridgehead atoms. The van der Waals surface area contributed by atoms with Crippen LogP contribution in [-0.4, -0.2) is 5.91 Å². The Morgan fingerprint density at radius 3 is 2.56 bits per heavy atom.